The maximum atomic E-state index is 11.8. The van der Waals surface area contributed by atoms with E-state index in [1.165, 1.54) is 0 Å². The summed E-state index contributed by atoms with van der Waals surface area (Å²) >= 11 is 0. The summed E-state index contributed by atoms with van der Waals surface area (Å²) in [6, 6.07) is 3.17. The van der Waals surface area contributed by atoms with E-state index in [1.54, 1.807) is 32.9 Å². The van der Waals surface area contributed by atoms with Crippen LogP contribution in [-0.4, -0.2) is 24.8 Å². The summed E-state index contributed by atoms with van der Waals surface area (Å²) in [5.41, 5.74) is -0.0600. The van der Waals surface area contributed by atoms with Crippen molar-refractivity contribution in [2.75, 3.05) is 12.1 Å². The maximum absolute atomic E-state index is 11.8. The van der Waals surface area contributed by atoms with Crippen LogP contribution in [0.1, 0.15) is 31.1 Å². The Balaban J connectivity index is 2.27. The monoisotopic (exact) mass is 265 g/mol. The average Bonchev–Trinajstić information content (AvgIpc) is 2.75. The number of amides is 1. The van der Waals surface area contributed by atoms with Gasteiger partial charge in [0.05, 0.1) is 0 Å². The van der Waals surface area contributed by atoms with E-state index in [9.17, 15) is 9.59 Å². The van der Waals surface area contributed by atoms with Crippen LogP contribution < -0.4 is 14.8 Å². The molecule has 0 unspecified atom stereocenters. The largest absolute Gasteiger partial charge is 0.454 e. The molecule has 0 aromatic heterocycles. The van der Waals surface area contributed by atoms with Crippen molar-refractivity contribution in [1.82, 2.24) is 0 Å². The zero-order chi connectivity index (χ0) is 14.0. The van der Waals surface area contributed by atoms with Gasteiger partial charge < -0.3 is 14.2 Å². The van der Waals surface area contributed by atoms with Crippen molar-refractivity contribution in [1.29, 1.82) is 0 Å². The molecule has 19 heavy (non-hydrogen) atoms. The molecule has 1 aromatic carbocycles. The Morgan fingerprint density at radius 3 is 2.74 bits per heavy atom. The zero-order valence-electron chi connectivity index (χ0n) is 11.0. The highest BCUT2D eigenvalue weighted by Gasteiger charge is 2.24. The summed E-state index contributed by atoms with van der Waals surface area (Å²) < 4.78 is 15.6. The third-order valence-electron chi connectivity index (χ3n) is 2.32. The van der Waals surface area contributed by atoms with Gasteiger partial charge in [0.1, 0.15) is 11.3 Å². The second kappa shape index (κ2) is 4.79. The molecule has 2 rings (SSSR count). The summed E-state index contributed by atoms with van der Waals surface area (Å²) in [5.74, 6) is 0.826. The zero-order valence-corrected chi connectivity index (χ0v) is 11.0. The topological polar surface area (TPSA) is 73.9 Å². The predicted octanol–water partition coefficient (Wildman–Crippen LogP) is 2.57. The minimum atomic E-state index is -0.653. The molecule has 6 heteroatoms. The molecule has 0 fully saturated rings. The first kappa shape index (κ1) is 13.2. The van der Waals surface area contributed by atoms with Gasteiger partial charge in [-0.3, -0.25) is 10.1 Å². The fraction of sp³-hybridized carbons (Fsp3) is 0.385. The smallest absolute Gasteiger partial charge is 0.412 e. The minimum Gasteiger partial charge on any atom is -0.454 e. The Labute approximate surface area is 110 Å². The van der Waals surface area contributed by atoms with Gasteiger partial charge >= 0.3 is 6.09 Å². The summed E-state index contributed by atoms with van der Waals surface area (Å²) in [5, 5.41) is 2.52. The Bertz CT molecular complexity index is 519. The molecule has 6 nitrogen and oxygen atoms in total. The number of anilines is 1. The first-order chi connectivity index (χ1) is 8.90. The molecule has 1 aromatic rings. The van der Waals surface area contributed by atoms with Gasteiger partial charge in [-0.15, -0.1) is 0 Å². The van der Waals surface area contributed by atoms with E-state index in [1.807, 2.05) is 0 Å². The number of aldehydes is 1. The van der Waals surface area contributed by atoms with E-state index < -0.39 is 11.7 Å². The average molecular weight is 265 g/mol. The lowest BCUT2D eigenvalue weighted by atomic mass is 10.1. The third-order valence-corrected chi connectivity index (χ3v) is 2.32. The van der Waals surface area contributed by atoms with Crippen LogP contribution in [0.25, 0.3) is 0 Å². The number of ether oxygens (including phenoxy) is 3. The van der Waals surface area contributed by atoms with Crippen LogP contribution in [0.15, 0.2) is 12.1 Å². The molecule has 0 bridgehead atoms. The van der Waals surface area contributed by atoms with Crippen LogP contribution in [0.3, 0.4) is 0 Å². The van der Waals surface area contributed by atoms with Crippen LogP contribution in [-0.2, 0) is 4.74 Å². The lowest BCUT2D eigenvalue weighted by molar-refractivity contribution is 0.0635. The normalized spacial score (nSPS) is 13.0. The van der Waals surface area contributed by atoms with Gasteiger partial charge in [-0.25, -0.2) is 4.79 Å². The first-order valence-electron chi connectivity index (χ1n) is 5.78. The summed E-state index contributed by atoms with van der Waals surface area (Å²) in [7, 11) is 0. The molecule has 1 aliphatic rings. The minimum absolute atomic E-state index is 0.0562. The third kappa shape index (κ3) is 2.96. The number of benzene rings is 1. The van der Waals surface area contributed by atoms with Gasteiger partial charge in [-0.05, 0) is 32.9 Å². The van der Waals surface area contributed by atoms with Crippen molar-refractivity contribution in [3.05, 3.63) is 17.7 Å². The number of nitrogens with one attached hydrogen (secondary N) is 1. The van der Waals surface area contributed by atoms with Gasteiger partial charge in [0, 0.05) is 5.56 Å². The van der Waals surface area contributed by atoms with Crippen molar-refractivity contribution in [3.8, 4) is 11.5 Å². The fourth-order valence-electron chi connectivity index (χ4n) is 1.62. The van der Waals surface area contributed by atoms with E-state index in [-0.39, 0.29) is 12.5 Å². The predicted molar refractivity (Wildman–Crippen MR) is 67.8 cm³/mol. The van der Waals surface area contributed by atoms with Crippen LogP contribution in [0.2, 0.25) is 0 Å². The molecule has 0 saturated carbocycles. The molecule has 1 N–H and O–H groups in total. The SMILES string of the molecule is CC(C)(C)OC(=O)Nc1c(C=O)ccc2c1OCO2. The molecule has 0 saturated heterocycles. The van der Waals surface area contributed by atoms with Crippen molar-refractivity contribution in [2.45, 2.75) is 26.4 Å². The van der Waals surface area contributed by atoms with Gasteiger partial charge in [-0.2, -0.15) is 0 Å². The number of carbonyl (C=O) groups excluding carboxylic acids is 2. The lowest BCUT2D eigenvalue weighted by Crippen LogP contribution is -2.27. The van der Waals surface area contributed by atoms with Crippen LogP contribution in [0, 0.1) is 0 Å². The highest BCUT2D eigenvalue weighted by atomic mass is 16.7. The summed E-state index contributed by atoms with van der Waals surface area (Å²) in [6.45, 7) is 5.31. The van der Waals surface area contributed by atoms with Crippen LogP contribution in [0.5, 0.6) is 11.5 Å². The molecule has 0 atom stereocenters. The standard InChI is InChI=1S/C13H15NO5/c1-13(2,3)19-12(16)14-10-8(6-15)4-5-9-11(10)18-7-17-9/h4-6H,7H2,1-3H3,(H,14,16). The number of fused-ring (bicyclic) bond motifs is 1. The molecule has 0 radical (unpaired) electrons. The molecular weight excluding hydrogens is 250 g/mol. The Morgan fingerprint density at radius 2 is 2.11 bits per heavy atom. The fourth-order valence-corrected chi connectivity index (χ4v) is 1.62. The second-order valence-corrected chi connectivity index (χ2v) is 5.01. The van der Waals surface area contributed by atoms with E-state index in [0.29, 0.717) is 23.3 Å². The molecule has 1 amide bonds. The van der Waals surface area contributed by atoms with E-state index in [2.05, 4.69) is 5.32 Å². The molecular formula is C13H15NO5. The summed E-state index contributed by atoms with van der Waals surface area (Å²) in [6.07, 6.45) is -0.0196. The van der Waals surface area contributed by atoms with Gasteiger partial charge in [0.2, 0.25) is 6.79 Å². The number of hydrogen-bond acceptors (Lipinski definition) is 5. The number of hydrogen-bond donors (Lipinski definition) is 1. The highest BCUT2D eigenvalue weighted by Crippen LogP contribution is 2.41. The first-order valence-corrected chi connectivity index (χ1v) is 5.78. The van der Waals surface area contributed by atoms with E-state index in [0.717, 1.165) is 0 Å². The Morgan fingerprint density at radius 1 is 1.37 bits per heavy atom. The quantitative estimate of drug-likeness (QED) is 0.832. The van der Waals surface area contributed by atoms with Crippen molar-refractivity contribution < 1.29 is 23.8 Å². The lowest BCUT2D eigenvalue weighted by Gasteiger charge is -2.20. The van der Waals surface area contributed by atoms with Crippen LogP contribution >= 0.6 is 0 Å². The van der Waals surface area contributed by atoms with E-state index >= 15 is 0 Å². The maximum Gasteiger partial charge on any atom is 0.412 e. The van der Waals surface area contributed by atoms with Crippen molar-refractivity contribution in [2.24, 2.45) is 0 Å². The van der Waals surface area contributed by atoms with Gasteiger partial charge in [0.25, 0.3) is 0 Å². The van der Waals surface area contributed by atoms with Crippen LogP contribution in [0.4, 0.5) is 10.5 Å². The van der Waals surface area contributed by atoms with Gasteiger partial charge in [-0.1, -0.05) is 0 Å². The second-order valence-electron chi connectivity index (χ2n) is 5.01. The highest BCUT2D eigenvalue weighted by molar-refractivity contribution is 5.96. The molecule has 0 aliphatic carbocycles. The Hall–Kier alpha value is -2.24. The molecule has 1 heterocycles. The van der Waals surface area contributed by atoms with E-state index in [4.69, 9.17) is 14.2 Å². The molecule has 0 spiro atoms. The molecule has 1 aliphatic heterocycles. The Kier molecular flexibility index (Phi) is 3.33. The van der Waals surface area contributed by atoms with Crippen molar-refractivity contribution in [3.63, 3.8) is 0 Å². The van der Waals surface area contributed by atoms with Crippen molar-refractivity contribution >= 4 is 18.1 Å². The van der Waals surface area contributed by atoms with Gasteiger partial charge in [0.15, 0.2) is 17.8 Å². The molecule has 102 valence electrons. The number of rotatable bonds is 2. The number of carbonyl (C=O) groups is 2. The summed E-state index contributed by atoms with van der Waals surface area (Å²) in [4.78, 5) is 22.8.